The maximum absolute atomic E-state index is 11.6. The van der Waals surface area contributed by atoms with Gasteiger partial charge in [-0.2, -0.15) is 0 Å². The number of carboxylic acids is 1. The fourth-order valence-corrected chi connectivity index (χ4v) is 2.93. The Kier molecular flexibility index (Phi) is 4.26. The Morgan fingerprint density at radius 2 is 2.42 bits per heavy atom. The predicted molar refractivity (Wildman–Crippen MR) is 68.2 cm³/mol. The number of rotatable bonds is 6. The van der Waals surface area contributed by atoms with Gasteiger partial charge in [-0.15, -0.1) is 11.3 Å². The summed E-state index contributed by atoms with van der Waals surface area (Å²) in [5, 5.41) is 11.0. The Labute approximate surface area is 114 Å². The smallest absolute Gasteiger partial charge is 0.355 e. The molecule has 1 aliphatic rings. The zero-order chi connectivity index (χ0) is 13.8. The molecule has 1 unspecified atom stereocenters. The van der Waals surface area contributed by atoms with Crippen molar-refractivity contribution in [3.63, 3.8) is 0 Å². The summed E-state index contributed by atoms with van der Waals surface area (Å²) in [6.45, 7) is 0.518. The topological polar surface area (TPSA) is 87.6 Å². The Morgan fingerprint density at radius 1 is 1.63 bits per heavy atom. The van der Waals surface area contributed by atoms with Crippen LogP contribution in [-0.2, 0) is 16.0 Å². The Balaban J connectivity index is 1.84. The van der Waals surface area contributed by atoms with Gasteiger partial charge >= 0.3 is 5.97 Å². The van der Waals surface area contributed by atoms with E-state index in [9.17, 15) is 14.4 Å². The number of carbonyl (C=O) groups is 3. The second-order valence-corrected chi connectivity index (χ2v) is 5.31. The number of aromatic nitrogens is 1. The maximum atomic E-state index is 11.6. The quantitative estimate of drug-likeness (QED) is 0.785. The van der Waals surface area contributed by atoms with Gasteiger partial charge in [-0.25, -0.2) is 9.78 Å². The van der Waals surface area contributed by atoms with Gasteiger partial charge in [-0.3, -0.25) is 4.79 Å². The molecule has 1 N–H and O–H groups in total. The van der Waals surface area contributed by atoms with Gasteiger partial charge in [0.15, 0.2) is 5.69 Å². The molecule has 0 bridgehead atoms. The monoisotopic (exact) mass is 282 g/mol. The molecule has 0 aliphatic carbocycles. The number of aromatic carboxylic acids is 1. The zero-order valence-corrected chi connectivity index (χ0v) is 11.1. The van der Waals surface area contributed by atoms with Gasteiger partial charge < -0.3 is 14.8 Å². The summed E-state index contributed by atoms with van der Waals surface area (Å²) in [6.07, 6.45) is 3.15. The van der Waals surface area contributed by atoms with E-state index in [0.717, 1.165) is 11.3 Å². The van der Waals surface area contributed by atoms with Crippen LogP contribution in [0.5, 0.6) is 0 Å². The van der Waals surface area contributed by atoms with E-state index in [-0.39, 0.29) is 17.6 Å². The van der Waals surface area contributed by atoms with E-state index in [1.807, 2.05) is 0 Å². The molecule has 2 rings (SSSR count). The first-order chi connectivity index (χ1) is 9.11. The first kappa shape index (κ1) is 13.7. The second-order valence-electron chi connectivity index (χ2n) is 4.36. The molecule has 0 radical (unpaired) electrons. The number of amides is 1. The molecular formula is C12H14N2O4S. The molecular weight excluding hydrogens is 268 g/mol. The molecule has 19 heavy (non-hydrogen) atoms. The van der Waals surface area contributed by atoms with Gasteiger partial charge in [0.2, 0.25) is 5.91 Å². The third kappa shape index (κ3) is 3.17. The van der Waals surface area contributed by atoms with Crippen LogP contribution in [0.3, 0.4) is 0 Å². The summed E-state index contributed by atoms with van der Waals surface area (Å²) in [5.74, 6) is -1.01. The molecule has 0 spiro atoms. The van der Waals surface area contributed by atoms with E-state index >= 15 is 0 Å². The summed E-state index contributed by atoms with van der Waals surface area (Å²) >= 11 is 1.30. The first-order valence-corrected chi connectivity index (χ1v) is 6.92. The molecule has 7 heteroatoms. The van der Waals surface area contributed by atoms with Crippen LogP contribution in [0.15, 0.2) is 5.38 Å². The normalized spacial score (nSPS) is 18.8. The van der Waals surface area contributed by atoms with Crippen molar-refractivity contribution in [2.75, 3.05) is 6.54 Å². The van der Waals surface area contributed by atoms with Crippen molar-refractivity contribution in [2.24, 2.45) is 0 Å². The number of hydrogen-bond donors (Lipinski definition) is 1. The SMILES string of the molecule is O=CC1CCC(=O)N1CCCc1nc(C(=O)O)cs1. The number of thiazole rings is 1. The van der Waals surface area contributed by atoms with E-state index in [2.05, 4.69) is 4.98 Å². The minimum atomic E-state index is -1.03. The van der Waals surface area contributed by atoms with Crippen LogP contribution in [0.4, 0.5) is 0 Å². The van der Waals surface area contributed by atoms with Crippen molar-refractivity contribution >= 4 is 29.5 Å². The number of carbonyl (C=O) groups excluding carboxylic acids is 2. The summed E-state index contributed by atoms with van der Waals surface area (Å²) in [7, 11) is 0. The average molecular weight is 282 g/mol. The van der Waals surface area contributed by atoms with Crippen LogP contribution in [0, 0.1) is 0 Å². The Bertz CT molecular complexity index is 500. The van der Waals surface area contributed by atoms with E-state index < -0.39 is 5.97 Å². The van der Waals surface area contributed by atoms with Gasteiger partial charge in [-0.1, -0.05) is 0 Å². The van der Waals surface area contributed by atoms with Crippen molar-refractivity contribution in [3.8, 4) is 0 Å². The molecule has 1 fully saturated rings. The minimum absolute atomic E-state index is 0.0162. The second kappa shape index (κ2) is 5.92. The predicted octanol–water partition coefficient (Wildman–Crippen LogP) is 0.964. The highest BCUT2D eigenvalue weighted by Gasteiger charge is 2.29. The van der Waals surface area contributed by atoms with Gasteiger partial charge in [0.1, 0.15) is 6.29 Å². The lowest BCUT2D eigenvalue weighted by atomic mass is 10.2. The van der Waals surface area contributed by atoms with Gasteiger partial charge in [0.25, 0.3) is 0 Å². The summed E-state index contributed by atoms with van der Waals surface area (Å²) < 4.78 is 0. The molecule has 0 saturated carbocycles. The fourth-order valence-electron chi connectivity index (χ4n) is 2.11. The maximum Gasteiger partial charge on any atom is 0.355 e. The number of hydrogen-bond acceptors (Lipinski definition) is 5. The number of carboxylic acid groups (broad SMARTS) is 1. The number of nitrogens with zero attached hydrogens (tertiary/aromatic N) is 2. The lowest BCUT2D eigenvalue weighted by Crippen LogP contribution is -2.34. The molecule has 0 aromatic carbocycles. The zero-order valence-electron chi connectivity index (χ0n) is 10.2. The Morgan fingerprint density at radius 3 is 3.05 bits per heavy atom. The van der Waals surface area contributed by atoms with Crippen LogP contribution in [0.1, 0.15) is 34.8 Å². The Hall–Kier alpha value is -1.76. The van der Waals surface area contributed by atoms with Crippen molar-refractivity contribution in [1.29, 1.82) is 0 Å². The number of likely N-dealkylation sites (tertiary alicyclic amines) is 1. The third-order valence-electron chi connectivity index (χ3n) is 3.09. The number of aldehydes is 1. The summed E-state index contributed by atoms with van der Waals surface area (Å²) in [6, 6.07) is -0.293. The lowest BCUT2D eigenvalue weighted by molar-refractivity contribution is -0.131. The van der Waals surface area contributed by atoms with Crippen molar-refractivity contribution in [2.45, 2.75) is 31.7 Å². The van der Waals surface area contributed by atoms with E-state index in [1.54, 1.807) is 4.90 Å². The van der Waals surface area contributed by atoms with Crippen molar-refractivity contribution in [1.82, 2.24) is 9.88 Å². The average Bonchev–Trinajstić information content (AvgIpc) is 2.98. The number of aryl methyl sites for hydroxylation is 1. The summed E-state index contributed by atoms with van der Waals surface area (Å²) in [4.78, 5) is 38.6. The molecule has 6 nitrogen and oxygen atoms in total. The molecule has 1 aromatic heterocycles. The molecule has 102 valence electrons. The van der Waals surface area contributed by atoms with Crippen LogP contribution in [0.25, 0.3) is 0 Å². The van der Waals surface area contributed by atoms with Gasteiger partial charge in [-0.05, 0) is 12.8 Å². The summed E-state index contributed by atoms with van der Waals surface area (Å²) in [5.41, 5.74) is 0.0583. The van der Waals surface area contributed by atoms with Gasteiger partial charge in [0, 0.05) is 24.8 Å². The van der Waals surface area contributed by atoms with E-state index in [1.165, 1.54) is 16.7 Å². The first-order valence-electron chi connectivity index (χ1n) is 6.04. The lowest BCUT2D eigenvalue weighted by Gasteiger charge is -2.19. The molecule has 1 saturated heterocycles. The molecule has 1 atom stereocenters. The highest BCUT2D eigenvalue weighted by atomic mass is 32.1. The molecule has 1 aromatic rings. The van der Waals surface area contributed by atoms with Crippen LogP contribution >= 0.6 is 11.3 Å². The molecule has 1 aliphatic heterocycles. The van der Waals surface area contributed by atoms with E-state index in [4.69, 9.17) is 5.11 Å². The van der Waals surface area contributed by atoms with Crippen LogP contribution in [0.2, 0.25) is 0 Å². The van der Waals surface area contributed by atoms with Crippen molar-refractivity contribution in [3.05, 3.63) is 16.1 Å². The van der Waals surface area contributed by atoms with Crippen LogP contribution in [-0.4, -0.2) is 45.7 Å². The largest absolute Gasteiger partial charge is 0.476 e. The van der Waals surface area contributed by atoms with Crippen molar-refractivity contribution < 1.29 is 19.5 Å². The third-order valence-corrected chi connectivity index (χ3v) is 4.00. The van der Waals surface area contributed by atoms with E-state index in [0.29, 0.717) is 32.2 Å². The van der Waals surface area contributed by atoms with Crippen LogP contribution < -0.4 is 0 Å². The molecule has 1 amide bonds. The van der Waals surface area contributed by atoms with Gasteiger partial charge in [0.05, 0.1) is 11.0 Å². The highest BCUT2D eigenvalue weighted by molar-refractivity contribution is 7.09. The standard InChI is InChI=1S/C12H14N2O4S/c15-6-8-3-4-11(16)14(8)5-1-2-10-13-9(7-19-10)12(17)18/h6-8H,1-5H2,(H,17,18). The minimum Gasteiger partial charge on any atom is -0.476 e. The highest BCUT2D eigenvalue weighted by Crippen LogP contribution is 2.18. The fraction of sp³-hybridized carbons (Fsp3) is 0.500. The molecule has 2 heterocycles.